The molecule has 1 aromatic carbocycles. The first-order valence-electron chi connectivity index (χ1n) is 5.83. The highest BCUT2D eigenvalue weighted by atomic mass is 35.5. The van der Waals surface area contributed by atoms with E-state index in [1.165, 1.54) is 24.8 Å². The molecule has 0 atom stereocenters. The Labute approximate surface area is 107 Å². The van der Waals surface area contributed by atoms with E-state index in [-0.39, 0.29) is 0 Å². The van der Waals surface area contributed by atoms with Crippen molar-refractivity contribution in [2.75, 3.05) is 0 Å². The molecule has 0 spiro atoms. The highest BCUT2D eigenvalue weighted by molar-refractivity contribution is 6.30. The maximum absolute atomic E-state index is 5.79. The van der Waals surface area contributed by atoms with Crippen LogP contribution in [0.25, 0.3) is 0 Å². The van der Waals surface area contributed by atoms with Crippen LogP contribution in [0.15, 0.2) is 40.9 Å². The van der Waals surface area contributed by atoms with E-state index in [0.717, 1.165) is 17.1 Å². The summed E-state index contributed by atoms with van der Waals surface area (Å²) in [5, 5.41) is 0.724. The van der Waals surface area contributed by atoms with E-state index in [2.05, 4.69) is 22.9 Å². The summed E-state index contributed by atoms with van der Waals surface area (Å²) in [4.78, 5) is 4.25. The predicted molar refractivity (Wildman–Crippen MR) is 73.9 cm³/mol. The molecule has 1 aromatic rings. The van der Waals surface area contributed by atoms with Crippen molar-refractivity contribution in [2.45, 2.75) is 25.7 Å². The number of hydrogen-bond donors (Lipinski definition) is 0. The summed E-state index contributed by atoms with van der Waals surface area (Å²) >= 11 is 5.79. The lowest BCUT2D eigenvalue weighted by molar-refractivity contribution is 0.715. The molecule has 86 valence electrons. The van der Waals surface area contributed by atoms with E-state index in [4.69, 9.17) is 11.6 Å². The van der Waals surface area contributed by atoms with Gasteiger partial charge in [-0.1, -0.05) is 23.6 Å². The smallest absolute Gasteiger partial charge is 0.0777 e. The first-order chi connectivity index (χ1) is 8.34. The van der Waals surface area contributed by atoms with Gasteiger partial charge in [0, 0.05) is 5.02 Å². The van der Waals surface area contributed by atoms with Gasteiger partial charge in [0.1, 0.15) is 0 Å². The molecule has 1 aliphatic carbocycles. The van der Waals surface area contributed by atoms with Crippen LogP contribution in [-0.2, 0) is 0 Å². The molecule has 0 radical (unpaired) electrons. The fraction of sp³-hybridized carbons (Fsp3) is 0.267. The Morgan fingerprint density at radius 3 is 2.71 bits per heavy atom. The number of rotatable bonds is 1. The van der Waals surface area contributed by atoms with Crippen LogP contribution < -0.4 is 0 Å². The highest BCUT2D eigenvalue weighted by Crippen LogP contribution is 2.16. The molecule has 0 amide bonds. The zero-order chi connectivity index (χ0) is 11.9. The van der Waals surface area contributed by atoms with E-state index < -0.39 is 0 Å². The zero-order valence-corrected chi connectivity index (χ0v) is 10.4. The molecule has 0 N–H and O–H groups in total. The largest absolute Gasteiger partial charge is 0.248 e. The fourth-order valence-corrected chi connectivity index (χ4v) is 1.84. The molecule has 1 aliphatic rings. The van der Waals surface area contributed by atoms with Crippen molar-refractivity contribution < 1.29 is 0 Å². The monoisotopic (exact) mass is 243 g/mol. The Kier molecular flexibility index (Phi) is 4.41. The van der Waals surface area contributed by atoms with E-state index in [0.29, 0.717) is 0 Å². The Morgan fingerprint density at radius 2 is 2.00 bits per heavy atom. The number of aliphatic imine (C=N–C) groups is 1. The zero-order valence-electron chi connectivity index (χ0n) is 9.62. The second kappa shape index (κ2) is 6.27. The molecule has 0 heterocycles. The molecule has 0 bridgehead atoms. The van der Waals surface area contributed by atoms with Crippen LogP contribution in [0.5, 0.6) is 0 Å². The van der Waals surface area contributed by atoms with Gasteiger partial charge in [-0.15, -0.1) is 0 Å². The van der Waals surface area contributed by atoms with Crippen molar-refractivity contribution in [3.63, 3.8) is 0 Å². The molecule has 0 aromatic heterocycles. The Balaban J connectivity index is 1.95. The van der Waals surface area contributed by atoms with E-state index >= 15 is 0 Å². The van der Waals surface area contributed by atoms with Crippen molar-refractivity contribution in [2.24, 2.45) is 4.99 Å². The number of allylic oxidation sites excluding steroid dienone is 2. The summed E-state index contributed by atoms with van der Waals surface area (Å²) in [6.45, 7) is 0. The first-order valence-corrected chi connectivity index (χ1v) is 6.21. The van der Waals surface area contributed by atoms with Crippen LogP contribution in [0.4, 0.5) is 5.69 Å². The van der Waals surface area contributed by atoms with Gasteiger partial charge in [0.05, 0.1) is 11.9 Å². The molecule has 1 nitrogen and oxygen atoms in total. The lowest BCUT2D eigenvalue weighted by atomic mass is 10.0. The van der Waals surface area contributed by atoms with Gasteiger partial charge in [-0.2, -0.15) is 0 Å². The van der Waals surface area contributed by atoms with Crippen LogP contribution in [-0.4, -0.2) is 6.21 Å². The molecule has 2 heteroatoms. The minimum absolute atomic E-state index is 0.724. The molecule has 0 unspecified atom stereocenters. The molecular formula is C15H14ClN. The van der Waals surface area contributed by atoms with Gasteiger partial charge in [0.25, 0.3) is 0 Å². The van der Waals surface area contributed by atoms with Gasteiger partial charge in [-0.05, 0) is 61.4 Å². The third-order valence-electron chi connectivity index (χ3n) is 2.63. The average molecular weight is 244 g/mol. The lowest BCUT2D eigenvalue weighted by Crippen LogP contribution is -1.88. The number of benzene rings is 1. The minimum atomic E-state index is 0.724. The van der Waals surface area contributed by atoms with Gasteiger partial charge in [-0.3, -0.25) is 0 Å². The van der Waals surface area contributed by atoms with Crippen molar-refractivity contribution in [1.82, 2.24) is 0 Å². The van der Waals surface area contributed by atoms with Crippen LogP contribution in [0.3, 0.4) is 0 Å². The van der Waals surface area contributed by atoms with Crippen LogP contribution in [0.2, 0.25) is 5.02 Å². The average Bonchev–Trinajstić information content (AvgIpc) is 2.38. The van der Waals surface area contributed by atoms with Crippen LogP contribution >= 0.6 is 11.6 Å². The van der Waals surface area contributed by atoms with E-state index in [1.807, 2.05) is 24.3 Å². The highest BCUT2D eigenvalue weighted by Gasteiger charge is 1.98. The summed E-state index contributed by atoms with van der Waals surface area (Å²) < 4.78 is 0. The van der Waals surface area contributed by atoms with Crippen molar-refractivity contribution >= 4 is 23.5 Å². The lowest BCUT2D eigenvalue weighted by Gasteiger charge is -2.05. The second-order valence-electron chi connectivity index (χ2n) is 3.98. The molecule has 2 rings (SSSR count). The van der Waals surface area contributed by atoms with Crippen molar-refractivity contribution in [3.05, 3.63) is 40.9 Å². The van der Waals surface area contributed by atoms with Crippen LogP contribution in [0, 0.1) is 11.8 Å². The summed E-state index contributed by atoms with van der Waals surface area (Å²) in [7, 11) is 0. The second-order valence-corrected chi connectivity index (χ2v) is 4.42. The third-order valence-corrected chi connectivity index (χ3v) is 2.88. The van der Waals surface area contributed by atoms with Crippen molar-refractivity contribution in [3.8, 4) is 11.8 Å². The predicted octanol–water partition coefficient (Wildman–Crippen LogP) is 4.55. The topological polar surface area (TPSA) is 12.4 Å². The maximum atomic E-state index is 5.79. The quantitative estimate of drug-likeness (QED) is 0.507. The molecular weight excluding hydrogens is 230 g/mol. The minimum Gasteiger partial charge on any atom is -0.248 e. The molecule has 0 fully saturated rings. The van der Waals surface area contributed by atoms with Gasteiger partial charge >= 0.3 is 0 Å². The van der Waals surface area contributed by atoms with Gasteiger partial charge in [0.15, 0.2) is 0 Å². The van der Waals surface area contributed by atoms with Gasteiger partial charge < -0.3 is 0 Å². The van der Waals surface area contributed by atoms with Gasteiger partial charge in [0.2, 0.25) is 0 Å². The standard InChI is InChI=1S/C15H14ClN/c16-14-8-10-15(11-9-14)17-12-4-7-13-5-2-1-3-6-13/h5,8-12H,1-3,6H2. The van der Waals surface area contributed by atoms with Gasteiger partial charge in [-0.25, -0.2) is 4.99 Å². The number of nitrogens with zero attached hydrogens (tertiary/aromatic N) is 1. The Hall–Kier alpha value is -1.52. The molecule has 0 saturated carbocycles. The Morgan fingerprint density at radius 1 is 1.18 bits per heavy atom. The normalized spacial score (nSPS) is 15.2. The SMILES string of the molecule is Clc1ccc(N=CC#CC2=CCCCC2)cc1. The summed E-state index contributed by atoms with van der Waals surface area (Å²) in [5.74, 6) is 6.11. The summed E-state index contributed by atoms with van der Waals surface area (Å²) in [6.07, 6.45) is 8.71. The molecule has 0 saturated heterocycles. The Bertz CT molecular complexity index is 486. The summed E-state index contributed by atoms with van der Waals surface area (Å²) in [6, 6.07) is 7.40. The van der Waals surface area contributed by atoms with Crippen molar-refractivity contribution in [1.29, 1.82) is 0 Å². The number of halogens is 1. The first kappa shape index (κ1) is 12.0. The summed E-state index contributed by atoms with van der Waals surface area (Å²) in [5.41, 5.74) is 2.13. The third kappa shape index (κ3) is 4.09. The van der Waals surface area contributed by atoms with E-state index in [1.54, 1.807) is 6.21 Å². The van der Waals surface area contributed by atoms with E-state index in [9.17, 15) is 0 Å². The van der Waals surface area contributed by atoms with Crippen LogP contribution in [0.1, 0.15) is 25.7 Å². The maximum Gasteiger partial charge on any atom is 0.0777 e. The number of hydrogen-bond acceptors (Lipinski definition) is 1. The molecule has 17 heavy (non-hydrogen) atoms. The molecule has 0 aliphatic heterocycles. The fourth-order valence-electron chi connectivity index (χ4n) is 1.71.